The first kappa shape index (κ1) is 16.5. The van der Waals surface area contributed by atoms with E-state index in [1.165, 1.54) is 0 Å². The quantitative estimate of drug-likeness (QED) is 0.297. The molecule has 0 aliphatic carbocycles. The molecule has 0 aliphatic heterocycles. The molecule has 0 saturated carbocycles. The molecule has 0 saturated heterocycles. The third-order valence-corrected chi connectivity index (χ3v) is 0. The molecule has 0 unspecified atom stereocenters. The molecule has 0 rings (SSSR count). The molecule has 0 aliphatic rings. The van der Waals surface area contributed by atoms with Gasteiger partial charge in [0, 0.05) is 10.4 Å². The number of rotatable bonds is 0. The molecule has 0 amide bonds. The molecule has 0 aromatic rings. The Hall–Kier alpha value is 2.92. The van der Waals surface area contributed by atoms with Gasteiger partial charge >= 0.3 is 94.4 Å². The van der Waals surface area contributed by atoms with Crippen LogP contribution < -0.4 is 0 Å². The Labute approximate surface area is 122 Å². The van der Waals surface area contributed by atoms with Gasteiger partial charge in [-0.2, -0.15) is 0 Å². The molecule has 0 aromatic carbocycles. The predicted molar refractivity (Wildman–Crippen MR) is 24.2 cm³/mol. The summed E-state index contributed by atoms with van der Waals surface area (Å²) in [4.78, 5) is 0. The average molecular weight is 323 g/mol. The van der Waals surface area contributed by atoms with Crippen LogP contribution in [-0.2, 0) is 10.4 Å². The monoisotopic (exact) mass is 324 g/mol. The zero-order valence-electron chi connectivity index (χ0n) is 5.46. The molecule has 0 radical (unpaired) electrons. The van der Waals surface area contributed by atoms with E-state index in [1.54, 1.807) is 0 Å². The first-order valence-electron chi connectivity index (χ1n) is 0.667. The molecule has 7 heavy (non-hydrogen) atoms. The topological polar surface area (TPSA) is 80.3 Å². The molecule has 4 nitrogen and oxygen atoms in total. The van der Waals surface area contributed by atoms with Crippen LogP contribution >= 0.6 is 0 Å². The van der Waals surface area contributed by atoms with Crippen molar-refractivity contribution < 1.29 is 20.4 Å². The van der Waals surface area contributed by atoms with E-state index in [2.05, 4.69) is 0 Å². The third kappa shape index (κ3) is 50.1. The van der Waals surface area contributed by atoms with Gasteiger partial charge in [0.1, 0.15) is 0 Å². The normalized spacial score (nSPS) is 8.29. The molecule has 0 spiro atoms. The minimum absolute atomic E-state index is 0. The van der Waals surface area contributed by atoms with Crippen molar-refractivity contribution in [2.24, 2.45) is 0 Å². The van der Waals surface area contributed by atoms with Gasteiger partial charge in [-0.1, -0.05) is 0 Å². The van der Waals surface area contributed by atoms with Gasteiger partial charge in [-0.05, 0) is 0 Å². The van der Waals surface area contributed by atoms with Gasteiger partial charge in [-0.3, -0.25) is 8.42 Å². The maximum atomic E-state index is 8.52. The van der Waals surface area contributed by atoms with Gasteiger partial charge in [0.25, 0.3) is 0 Å². The van der Waals surface area contributed by atoms with Crippen LogP contribution in [0, 0.1) is 0 Å². The van der Waals surface area contributed by atoms with Gasteiger partial charge < -0.3 is 12.0 Å². The van der Waals surface area contributed by atoms with E-state index >= 15 is 0 Å². The summed E-state index contributed by atoms with van der Waals surface area (Å²) >= 11 is 0. The Morgan fingerprint density at radius 3 is 1.29 bits per heavy atom. The van der Waals surface area contributed by atoms with Crippen LogP contribution in [-0.4, -0.2) is 112 Å². The summed E-state index contributed by atoms with van der Waals surface area (Å²) in [6, 6.07) is 0. The van der Waals surface area contributed by atoms with Crippen molar-refractivity contribution in [3.05, 3.63) is 0 Å². The van der Waals surface area contributed by atoms with E-state index < -0.39 is 10.4 Å². The van der Waals surface area contributed by atoms with Crippen LogP contribution in [0.2, 0.25) is 0 Å². The van der Waals surface area contributed by atoms with E-state index in [4.69, 9.17) is 17.5 Å². The molecule has 0 aromatic heterocycles. The summed E-state index contributed by atoms with van der Waals surface area (Å²) in [7, 11) is -5.17. The van der Waals surface area contributed by atoms with Gasteiger partial charge in [0.15, 0.2) is 0 Å². The van der Waals surface area contributed by atoms with Gasteiger partial charge in [0.2, 0.25) is 0 Å². The van der Waals surface area contributed by atoms with Gasteiger partial charge in [-0.15, -0.1) is 0 Å². The van der Waals surface area contributed by atoms with E-state index in [9.17, 15) is 0 Å². The van der Waals surface area contributed by atoms with Crippen LogP contribution in [0.15, 0.2) is 0 Å². The summed E-state index contributed by atoms with van der Waals surface area (Å²) in [5.41, 5.74) is 0. The van der Waals surface area contributed by atoms with E-state index in [0.29, 0.717) is 0 Å². The Morgan fingerprint density at radius 1 is 1.29 bits per heavy atom. The SMILES string of the molecule is O=S(=O)([O-])[O-].[Ba+2].[H-].[H-].[Sr+2]. The largest absolute Gasteiger partial charge is 2.00 e. The zero-order valence-corrected chi connectivity index (χ0v) is 12.2. The smallest absolute Gasteiger partial charge is 1.00 e. The van der Waals surface area contributed by atoms with Gasteiger partial charge in [0.05, 0.1) is 0 Å². The minimum atomic E-state index is -5.17. The molecule has 0 heterocycles. The molecular weight excluding hydrogens is 321 g/mol. The molecule has 7 heteroatoms. The van der Waals surface area contributed by atoms with Crippen LogP contribution in [0.25, 0.3) is 0 Å². The summed E-state index contributed by atoms with van der Waals surface area (Å²) < 4.78 is 34.1. The van der Waals surface area contributed by atoms with Crippen LogP contribution in [0.3, 0.4) is 0 Å². The van der Waals surface area contributed by atoms with Crippen molar-refractivity contribution >= 4 is 105 Å². The van der Waals surface area contributed by atoms with E-state index in [1.807, 2.05) is 0 Å². The maximum Gasteiger partial charge on any atom is 2.00 e. The summed E-state index contributed by atoms with van der Waals surface area (Å²) in [6.45, 7) is 0. The van der Waals surface area contributed by atoms with Crippen LogP contribution in [0.5, 0.6) is 0 Å². The molecule has 0 bridgehead atoms. The van der Waals surface area contributed by atoms with E-state index in [0.717, 1.165) is 0 Å². The standard InChI is InChI=1S/Ba.H2O4S.Sr.2H/c;1-5(2,3)4;;;/h;(H2,1,2,3,4);;;/q+2;;+2;2*-1/p-2. The Kier molecular flexibility index (Phi) is 16.6. The first-order valence-corrected chi connectivity index (χ1v) is 2.00. The molecule has 0 atom stereocenters. The fourth-order valence-electron chi connectivity index (χ4n) is 0. The summed E-state index contributed by atoms with van der Waals surface area (Å²) in [6.07, 6.45) is 0. The summed E-state index contributed by atoms with van der Waals surface area (Å²) in [5.74, 6) is 0. The Bertz CT molecular complexity index is 102. The fourth-order valence-corrected chi connectivity index (χ4v) is 0. The van der Waals surface area contributed by atoms with Gasteiger partial charge in [-0.25, -0.2) is 0 Å². The zero-order chi connectivity index (χ0) is 4.50. The van der Waals surface area contributed by atoms with Crippen molar-refractivity contribution in [3.63, 3.8) is 0 Å². The predicted octanol–water partition coefficient (Wildman–Crippen LogP) is -1.87. The van der Waals surface area contributed by atoms with Crippen molar-refractivity contribution in [2.45, 2.75) is 0 Å². The number of hydrogen-bond acceptors (Lipinski definition) is 4. The molecule has 0 N–H and O–H groups in total. The molecule has 0 fully saturated rings. The second kappa shape index (κ2) is 7.03. The van der Waals surface area contributed by atoms with Crippen molar-refractivity contribution in [3.8, 4) is 0 Å². The Balaban J connectivity index is -0.0000000133. The first-order chi connectivity index (χ1) is 2.00. The second-order valence-electron chi connectivity index (χ2n) is 0.408. The third-order valence-electron chi connectivity index (χ3n) is 0. The fraction of sp³-hybridized carbons (Fsp3) is 0. The number of hydrogen-bond donors (Lipinski definition) is 0. The molecular formula is H2BaO4SSr. The van der Waals surface area contributed by atoms with Crippen molar-refractivity contribution in [1.29, 1.82) is 0 Å². The molecule has 36 valence electrons. The second-order valence-corrected chi connectivity index (χ2v) is 1.22. The Morgan fingerprint density at radius 2 is 1.29 bits per heavy atom. The minimum Gasteiger partial charge on any atom is -1.00 e. The average Bonchev–Trinajstić information content (AvgIpc) is 0.722. The van der Waals surface area contributed by atoms with Crippen LogP contribution in [0.4, 0.5) is 0 Å². The van der Waals surface area contributed by atoms with Crippen molar-refractivity contribution in [1.82, 2.24) is 0 Å². The van der Waals surface area contributed by atoms with E-state index in [-0.39, 0.29) is 97.2 Å². The maximum absolute atomic E-state index is 8.52. The summed E-state index contributed by atoms with van der Waals surface area (Å²) in [5, 5.41) is 0. The van der Waals surface area contributed by atoms with Crippen LogP contribution in [0.1, 0.15) is 2.85 Å². The van der Waals surface area contributed by atoms with Crippen molar-refractivity contribution in [2.75, 3.05) is 0 Å².